The van der Waals surface area contributed by atoms with Gasteiger partial charge in [0.1, 0.15) is 13.2 Å². The molecule has 0 aliphatic heterocycles. The molecule has 0 radical (unpaired) electrons. The molecule has 0 heterocycles. The van der Waals surface area contributed by atoms with Gasteiger partial charge in [0.15, 0.2) is 6.10 Å². The molecule has 0 aromatic heterocycles. The van der Waals surface area contributed by atoms with Crippen molar-refractivity contribution >= 4 is 17.9 Å². The third-order valence-corrected chi connectivity index (χ3v) is 11.9. The first-order valence-electron chi connectivity index (χ1n) is 29.0. The van der Waals surface area contributed by atoms with Crippen molar-refractivity contribution in [2.75, 3.05) is 13.2 Å². The third-order valence-electron chi connectivity index (χ3n) is 11.9. The van der Waals surface area contributed by atoms with Crippen LogP contribution in [0, 0.1) is 0 Å². The van der Waals surface area contributed by atoms with E-state index in [0.29, 0.717) is 19.3 Å². The van der Waals surface area contributed by atoms with Crippen LogP contribution in [0.3, 0.4) is 0 Å². The van der Waals surface area contributed by atoms with Crippen molar-refractivity contribution in [3.63, 3.8) is 0 Å². The molecule has 6 nitrogen and oxygen atoms in total. The summed E-state index contributed by atoms with van der Waals surface area (Å²) in [5, 5.41) is 0. The molecule has 0 rings (SSSR count). The van der Waals surface area contributed by atoms with Crippen LogP contribution >= 0.6 is 0 Å². The SMILES string of the molecule is CC/C=C\C/C=C\C/C=C\C/C=C\C/C=C\CCCCCC(=O)OC[C@H](COC(=O)CCCCCCC/C=C\CCCCCCCC)OC(=O)CCCCC/C=C\C/C=C\C/C=C\C/C=C\CCCCC. The summed E-state index contributed by atoms with van der Waals surface area (Å²) in [5.41, 5.74) is 0. The van der Waals surface area contributed by atoms with Crippen LogP contribution in [-0.2, 0) is 28.6 Å². The number of allylic oxidation sites excluding steroid dienone is 20. The summed E-state index contributed by atoms with van der Waals surface area (Å²) in [6.07, 6.45) is 80.4. The van der Waals surface area contributed by atoms with Crippen LogP contribution in [0.15, 0.2) is 122 Å². The molecule has 1 atom stereocenters. The van der Waals surface area contributed by atoms with Crippen LogP contribution in [0.2, 0.25) is 0 Å². The minimum Gasteiger partial charge on any atom is -0.462 e. The van der Waals surface area contributed by atoms with Crippen molar-refractivity contribution in [2.45, 2.75) is 258 Å². The Bertz CT molecular complexity index is 1500. The fourth-order valence-corrected chi connectivity index (χ4v) is 7.56. The van der Waals surface area contributed by atoms with E-state index in [1.54, 1.807) is 0 Å². The average molecular weight is 984 g/mol. The fourth-order valence-electron chi connectivity index (χ4n) is 7.56. The summed E-state index contributed by atoms with van der Waals surface area (Å²) in [6, 6.07) is 0. The van der Waals surface area contributed by atoms with Gasteiger partial charge in [0.05, 0.1) is 0 Å². The number of unbranched alkanes of at least 4 members (excludes halogenated alkanes) is 20. The minimum absolute atomic E-state index is 0.109. The van der Waals surface area contributed by atoms with Gasteiger partial charge in [-0.25, -0.2) is 0 Å². The smallest absolute Gasteiger partial charge is 0.306 e. The fraction of sp³-hybridized carbons (Fsp3) is 0.646. The van der Waals surface area contributed by atoms with E-state index in [-0.39, 0.29) is 37.5 Å². The topological polar surface area (TPSA) is 78.9 Å². The first kappa shape index (κ1) is 66.8. The molecule has 0 aromatic carbocycles. The molecule has 0 bridgehead atoms. The molecule has 0 fully saturated rings. The summed E-state index contributed by atoms with van der Waals surface area (Å²) in [6.45, 7) is 6.43. The van der Waals surface area contributed by atoms with Crippen LogP contribution in [0.5, 0.6) is 0 Å². The van der Waals surface area contributed by atoms with E-state index < -0.39 is 6.10 Å². The van der Waals surface area contributed by atoms with E-state index >= 15 is 0 Å². The van der Waals surface area contributed by atoms with Gasteiger partial charge in [-0.15, -0.1) is 0 Å². The van der Waals surface area contributed by atoms with Gasteiger partial charge in [-0.2, -0.15) is 0 Å². The zero-order valence-corrected chi connectivity index (χ0v) is 45.9. The maximum Gasteiger partial charge on any atom is 0.306 e. The van der Waals surface area contributed by atoms with Crippen molar-refractivity contribution < 1.29 is 28.6 Å². The van der Waals surface area contributed by atoms with Crippen molar-refractivity contribution in [3.8, 4) is 0 Å². The normalized spacial score (nSPS) is 13.0. The Hall–Kier alpha value is -4.19. The zero-order chi connectivity index (χ0) is 51.4. The highest BCUT2D eigenvalue weighted by Crippen LogP contribution is 2.13. The monoisotopic (exact) mass is 983 g/mol. The first-order chi connectivity index (χ1) is 35.0. The van der Waals surface area contributed by atoms with E-state index in [1.807, 2.05) is 0 Å². The molecular weight excluding hydrogens is 877 g/mol. The molecule has 0 saturated heterocycles. The molecule has 71 heavy (non-hydrogen) atoms. The van der Waals surface area contributed by atoms with Gasteiger partial charge in [-0.3, -0.25) is 14.4 Å². The van der Waals surface area contributed by atoms with E-state index in [1.165, 1.54) is 77.0 Å². The largest absolute Gasteiger partial charge is 0.462 e. The van der Waals surface area contributed by atoms with E-state index in [9.17, 15) is 14.4 Å². The maximum atomic E-state index is 12.9. The second-order valence-corrected chi connectivity index (χ2v) is 18.8. The van der Waals surface area contributed by atoms with Gasteiger partial charge in [-0.1, -0.05) is 219 Å². The average Bonchev–Trinajstić information content (AvgIpc) is 3.37. The Kier molecular flexibility index (Phi) is 54.9. The van der Waals surface area contributed by atoms with E-state index in [4.69, 9.17) is 14.2 Å². The Balaban J connectivity index is 4.54. The number of esters is 3. The molecule has 0 aliphatic rings. The van der Waals surface area contributed by atoms with Crippen LogP contribution in [-0.4, -0.2) is 37.2 Å². The molecule has 402 valence electrons. The first-order valence-corrected chi connectivity index (χ1v) is 29.0. The number of ether oxygens (including phenoxy) is 3. The molecule has 0 saturated carbocycles. The minimum atomic E-state index is -0.816. The highest BCUT2D eigenvalue weighted by Gasteiger charge is 2.19. The van der Waals surface area contributed by atoms with Crippen LogP contribution in [0.1, 0.15) is 252 Å². The number of rotatable bonds is 51. The second-order valence-electron chi connectivity index (χ2n) is 18.8. The highest BCUT2D eigenvalue weighted by atomic mass is 16.6. The second kappa shape index (κ2) is 58.4. The third kappa shape index (κ3) is 56.6. The van der Waals surface area contributed by atoms with Crippen molar-refractivity contribution in [2.24, 2.45) is 0 Å². The summed E-state index contributed by atoms with van der Waals surface area (Å²) in [7, 11) is 0. The lowest BCUT2D eigenvalue weighted by atomic mass is 10.1. The van der Waals surface area contributed by atoms with Gasteiger partial charge in [0, 0.05) is 19.3 Å². The summed E-state index contributed by atoms with van der Waals surface area (Å²) < 4.78 is 16.8. The molecule has 0 N–H and O–H groups in total. The van der Waals surface area contributed by atoms with Gasteiger partial charge in [0.25, 0.3) is 0 Å². The summed E-state index contributed by atoms with van der Waals surface area (Å²) in [5.74, 6) is -0.983. The summed E-state index contributed by atoms with van der Waals surface area (Å²) in [4.78, 5) is 38.2. The molecule has 0 amide bonds. The van der Waals surface area contributed by atoms with Gasteiger partial charge >= 0.3 is 17.9 Å². The molecule has 6 heteroatoms. The Morgan fingerprint density at radius 2 is 0.549 bits per heavy atom. The van der Waals surface area contributed by atoms with Crippen LogP contribution in [0.4, 0.5) is 0 Å². The lowest BCUT2D eigenvalue weighted by Gasteiger charge is -2.18. The standard InChI is InChI=1S/C65H106O6/c1-4-7-10-13-16-19-22-25-28-30-32-34-37-40-43-46-49-52-55-58-64(67)70-61-62(60-69-63(66)57-54-51-48-45-42-39-36-27-24-21-18-15-12-9-6-3)71-65(68)59-56-53-50-47-44-41-38-35-33-31-29-26-23-20-17-14-11-8-5-2/h7,10,16-17,19-20,25-29,32-36,40-41,43-44,62H,4-6,8-9,11-15,18,21-24,30-31,37-39,42,45-61H2,1-3H3/b10-7-,19-16-,20-17-,28-25-,29-26-,34-32-,35-33-,36-27-,43-40-,44-41-/t62-/m0/s1. The molecule has 0 spiro atoms. The van der Waals surface area contributed by atoms with Gasteiger partial charge < -0.3 is 14.2 Å². The van der Waals surface area contributed by atoms with Gasteiger partial charge in [0.2, 0.25) is 0 Å². The predicted molar refractivity (Wildman–Crippen MR) is 306 cm³/mol. The van der Waals surface area contributed by atoms with Crippen molar-refractivity contribution in [3.05, 3.63) is 122 Å². The van der Waals surface area contributed by atoms with Crippen molar-refractivity contribution in [1.82, 2.24) is 0 Å². The number of hydrogen-bond donors (Lipinski definition) is 0. The molecule has 0 aromatic rings. The van der Waals surface area contributed by atoms with Crippen LogP contribution < -0.4 is 0 Å². The number of hydrogen-bond acceptors (Lipinski definition) is 6. The molecule has 0 unspecified atom stereocenters. The lowest BCUT2D eigenvalue weighted by molar-refractivity contribution is -0.167. The van der Waals surface area contributed by atoms with Crippen LogP contribution in [0.25, 0.3) is 0 Å². The summed E-state index contributed by atoms with van der Waals surface area (Å²) >= 11 is 0. The molecular formula is C65H106O6. The molecule has 0 aliphatic carbocycles. The van der Waals surface area contributed by atoms with Gasteiger partial charge in [-0.05, 0) is 135 Å². The van der Waals surface area contributed by atoms with E-state index in [2.05, 4.69) is 142 Å². The number of carbonyl (C=O) groups is 3. The highest BCUT2D eigenvalue weighted by molar-refractivity contribution is 5.71. The van der Waals surface area contributed by atoms with E-state index in [0.717, 1.165) is 128 Å². The predicted octanol–water partition coefficient (Wildman–Crippen LogP) is 19.6. The number of carbonyl (C=O) groups excluding carboxylic acids is 3. The quantitative estimate of drug-likeness (QED) is 0.0261. The lowest BCUT2D eigenvalue weighted by Crippen LogP contribution is -2.30. The Labute approximate surface area is 437 Å². The van der Waals surface area contributed by atoms with Crippen molar-refractivity contribution in [1.29, 1.82) is 0 Å². The maximum absolute atomic E-state index is 12.9. The Morgan fingerprint density at radius 3 is 0.915 bits per heavy atom. The zero-order valence-electron chi connectivity index (χ0n) is 45.9. The Morgan fingerprint density at radius 1 is 0.296 bits per heavy atom.